The van der Waals surface area contributed by atoms with Crippen LogP contribution < -0.4 is 4.90 Å². The highest BCUT2D eigenvalue weighted by Crippen LogP contribution is 2.27. The van der Waals surface area contributed by atoms with E-state index in [0.717, 1.165) is 0 Å². The number of hydrogen-bond donors (Lipinski definition) is 0. The minimum Gasteiger partial charge on any atom is -0.368 e. The van der Waals surface area contributed by atoms with E-state index in [1.54, 1.807) is 6.20 Å². The summed E-state index contributed by atoms with van der Waals surface area (Å²) in [4.78, 5) is 10.0. The van der Waals surface area contributed by atoms with Crippen LogP contribution in [0.2, 0.25) is 5.15 Å². The standard InChI is InChI=1S/C15H13ClF3N5/c1-3-23(4-2)11-7-24-15(20-13(11)16)21-14(22-24)12-9(18)5-8(17)6-10(12)19/h5-7H,3-4H2,1-2H3. The number of anilines is 1. The number of halogens is 4. The van der Waals surface area contributed by atoms with Crippen LogP contribution in [0.5, 0.6) is 0 Å². The molecular formula is C15H13ClF3N5. The Hall–Kier alpha value is -2.35. The first-order valence-electron chi connectivity index (χ1n) is 7.27. The number of fused-ring (bicyclic) bond motifs is 1. The van der Waals surface area contributed by atoms with Crippen LogP contribution in [0.3, 0.4) is 0 Å². The molecule has 0 aliphatic rings. The van der Waals surface area contributed by atoms with Gasteiger partial charge in [-0.25, -0.2) is 17.7 Å². The van der Waals surface area contributed by atoms with Gasteiger partial charge in [-0.2, -0.15) is 9.97 Å². The van der Waals surface area contributed by atoms with E-state index in [1.807, 2.05) is 18.7 Å². The fourth-order valence-electron chi connectivity index (χ4n) is 2.43. The van der Waals surface area contributed by atoms with Crippen LogP contribution in [0, 0.1) is 17.5 Å². The molecule has 126 valence electrons. The maximum atomic E-state index is 13.9. The molecule has 0 bridgehead atoms. The van der Waals surface area contributed by atoms with Crippen LogP contribution in [0.4, 0.5) is 18.9 Å². The van der Waals surface area contributed by atoms with Crippen LogP contribution in [0.1, 0.15) is 13.8 Å². The van der Waals surface area contributed by atoms with Gasteiger partial charge in [-0.15, -0.1) is 5.10 Å². The minimum absolute atomic E-state index is 0.0917. The van der Waals surface area contributed by atoms with Gasteiger partial charge in [0.15, 0.2) is 11.0 Å². The van der Waals surface area contributed by atoms with Crippen LogP contribution in [0.15, 0.2) is 18.3 Å². The first kappa shape index (κ1) is 16.5. The monoisotopic (exact) mass is 355 g/mol. The highest BCUT2D eigenvalue weighted by molar-refractivity contribution is 6.32. The Morgan fingerprint density at radius 3 is 2.29 bits per heavy atom. The highest BCUT2D eigenvalue weighted by atomic mass is 35.5. The average Bonchev–Trinajstić information content (AvgIpc) is 2.89. The number of benzene rings is 1. The molecule has 2 aromatic heterocycles. The second-order valence-corrected chi connectivity index (χ2v) is 5.37. The Kier molecular flexibility index (Phi) is 4.31. The molecule has 0 saturated carbocycles. The molecule has 3 aromatic rings. The van der Waals surface area contributed by atoms with Gasteiger partial charge in [-0.3, -0.25) is 0 Å². The fourth-order valence-corrected chi connectivity index (χ4v) is 2.67. The molecule has 0 aliphatic heterocycles. The van der Waals surface area contributed by atoms with E-state index in [4.69, 9.17) is 11.6 Å². The average molecular weight is 356 g/mol. The molecule has 9 heteroatoms. The zero-order valence-corrected chi connectivity index (χ0v) is 13.7. The summed E-state index contributed by atoms with van der Waals surface area (Å²) in [5.41, 5.74) is 0.119. The maximum Gasteiger partial charge on any atom is 0.254 e. The number of rotatable bonds is 4. The van der Waals surface area contributed by atoms with Crippen molar-refractivity contribution >= 4 is 23.1 Å². The third-order valence-corrected chi connectivity index (χ3v) is 3.88. The van der Waals surface area contributed by atoms with Gasteiger partial charge < -0.3 is 4.90 Å². The first-order valence-corrected chi connectivity index (χ1v) is 7.65. The summed E-state index contributed by atoms with van der Waals surface area (Å²) in [6.45, 7) is 5.32. The van der Waals surface area contributed by atoms with Gasteiger partial charge in [0.2, 0.25) is 0 Å². The predicted octanol–water partition coefficient (Wildman–Crippen LogP) is 3.71. The zero-order valence-electron chi connectivity index (χ0n) is 12.9. The Morgan fingerprint density at radius 2 is 1.71 bits per heavy atom. The molecule has 0 unspecified atom stereocenters. The molecular weight excluding hydrogens is 343 g/mol. The number of aromatic nitrogens is 4. The van der Waals surface area contributed by atoms with Crippen LogP contribution in [-0.4, -0.2) is 32.7 Å². The Morgan fingerprint density at radius 1 is 1.08 bits per heavy atom. The molecule has 0 atom stereocenters. The molecule has 0 amide bonds. The van der Waals surface area contributed by atoms with Crippen LogP contribution in [-0.2, 0) is 0 Å². The quantitative estimate of drug-likeness (QED) is 0.669. The summed E-state index contributed by atoms with van der Waals surface area (Å²) in [6, 6.07) is 1.15. The molecule has 24 heavy (non-hydrogen) atoms. The summed E-state index contributed by atoms with van der Waals surface area (Å²) in [5.74, 6) is -3.32. The molecule has 0 N–H and O–H groups in total. The SMILES string of the molecule is CCN(CC)c1cn2nc(-c3c(F)cc(F)cc3F)nc2nc1Cl. The van der Waals surface area contributed by atoms with Crippen molar-refractivity contribution in [1.82, 2.24) is 19.6 Å². The molecule has 0 fully saturated rings. The lowest BCUT2D eigenvalue weighted by Gasteiger charge is -2.21. The van der Waals surface area contributed by atoms with E-state index < -0.39 is 23.0 Å². The van der Waals surface area contributed by atoms with E-state index in [9.17, 15) is 13.2 Å². The Labute approximate surface area is 140 Å². The summed E-state index contributed by atoms with van der Waals surface area (Å²) in [5, 5.41) is 4.26. The summed E-state index contributed by atoms with van der Waals surface area (Å²) < 4.78 is 42.1. The first-order chi connectivity index (χ1) is 11.4. The van der Waals surface area contributed by atoms with E-state index >= 15 is 0 Å². The topological polar surface area (TPSA) is 46.3 Å². The molecule has 0 aliphatic carbocycles. The molecule has 2 heterocycles. The van der Waals surface area contributed by atoms with Gasteiger partial charge in [-0.05, 0) is 13.8 Å². The van der Waals surface area contributed by atoms with E-state index in [1.165, 1.54) is 4.52 Å². The molecule has 1 aromatic carbocycles. The summed E-state index contributed by atoms with van der Waals surface area (Å²) >= 11 is 6.16. The lowest BCUT2D eigenvalue weighted by Crippen LogP contribution is -2.23. The zero-order chi connectivity index (χ0) is 17.4. The second kappa shape index (κ2) is 6.27. The van der Waals surface area contributed by atoms with Gasteiger partial charge in [0, 0.05) is 25.2 Å². The van der Waals surface area contributed by atoms with Crippen LogP contribution in [0.25, 0.3) is 17.2 Å². The van der Waals surface area contributed by atoms with Crippen molar-refractivity contribution in [2.24, 2.45) is 0 Å². The van der Waals surface area contributed by atoms with Gasteiger partial charge in [0.25, 0.3) is 5.78 Å². The molecule has 0 spiro atoms. The fraction of sp³-hybridized carbons (Fsp3) is 0.267. The van der Waals surface area contributed by atoms with Crippen molar-refractivity contribution in [1.29, 1.82) is 0 Å². The molecule has 0 radical (unpaired) electrons. The second-order valence-electron chi connectivity index (χ2n) is 5.01. The molecule has 5 nitrogen and oxygen atoms in total. The normalized spacial score (nSPS) is 11.2. The Bertz CT molecular complexity index is 885. The minimum atomic E-state index is -1.08. The van der Waals surface area contributed by atoms with Crippen molar-refractivity contribution in [2.45, 2.75) is 13.8 Å². The lowest BCUT2D eigenvalue weighted by molar-refractivity contribution is 0.546. The molecule has 3 rings (SSSR count). The predicted molar refractivity (Wildman–Crippen MR) is 84.7 cm³/mol. The van der Waals surface area contributed by atoms with Crippen molar-refractivity contribution in [3.05, 3.63) is 40.9 Å². The molecule has 0 saturated heterocycles. The van der Waals surface area contributed by atoms with Crippen molar-refractivity contribution < 1.29 is 13.2 Å². The maximum absolute atomic E-state index is 13.9. The van der Waals surface area contributed by atoms with Crippen LogP contribution >= 0.6 is 11.6 Å². The van der Waals surface area contributed by atoms with Gasteiger partial charge in [-0.1, -0.05) is 11.6 Å². The third kappa shape index (κ3) is 2.77. The van der Waals surface area contributed by atoms with E-state index in [0.29, 0.717) is 30.9 Å². The van der Waals surface area contributed by atoms with Crippen molar-refractivity contribution in [2.75, 3.05) is 18.0 Å². The summed E-state index contributed by atoms with van der Waals surface area (Å²) in [6.07, 6.45) is 1.59. The largest absolute Gasteiger partial charge is 0.368 e. The number of hydrogen-bond acceptors (Lipinski definition) is 4. The lowest BCUT2D eigenvalue weighted by atomic mass is 10.2. The van der Waals surface area contributed by atoms with Gasteiger partial charge >= 0.3 is 0 Å². The van der Waals surface area contributed by atoms with Gasteiger partial charge in [0.1, 0.15) is 17.5 Å². The smallest absolute Gasteiger partial charge is 0.254 e. The van der Waals surface area contributed by atoms with Gasteiger partial charge in [0.05, 0.1) is 17.4 Å². The van der Waals surface area contributed by atoms with Crippen molar-refractivity contribution in [3.63, 3.8) is 0 Å². The van der Waals surface area contributed by atoms with Crippen molar-refractivity contribution in [3.8, 4) is 11.4 Å². The summed E-state index contributed by atoms with van der Waals surface area (Å²) in [7, 11) is 0. The Balaban J connectivity index is 2.16. The van der Waals surface area contributed by atoms with E-state index in [2.05, 4.69) is 15.1 Å². The highest BCUT2D eigenvalue weighted by Gasteiger charge is 2.20. The third-order valence-electron chi connectivity index (χ3n) is 3.60. The van der Waals surface area contributed by atoms with E-state index in [-0.39, 0.29) is 16.8 Å². The number of nitrogens with zero attached hydrogens (tertiary/aromatic N) is 5.